The highest BCUT2D eigenvalue weighted by atomic mass is 19.4. The number of halogens is 12. The number of pyridine rings is 2. The summed E-state index contributed by atoms with van der Waals surface area (Å²) in [5.74, 6) is -10.4. The van der Waals surface area contributed by atoms with Crippen molar-refractivity contribution in [3.8, 4) is 0 Å². The fourth-order valence-corrected chi connectivity index (χ4v) is 4.89. The van der Waals surface area contributed by atoms with Gasteiger partial charge in [-0.25, -0.2) is 19.2 Å². The van der Waals surface area contributed by atoms with Gasteiger partial charge >= 0.3 is 48.6 Å². The number of piperidine rings is 1. The van der Waals surface area contributed by atoms with Gasteiger partial charge in [0, 0.05) is 57.8 Å². The predicted octanol–water partition coefficient (Wildman–Crippen LogP) is 5.37. The molecule has 2 aromatic heterocycles. The molecule has 0 aromatic carbocycles. The first kappa shape index (κ1) is 50.2. The van der Waals surface area contributed by atoms with Gasteiger partial charge in [-0.2, -0.15) is 52.7 Å². The Hall–Kier alpha value is -4.78. The Balaban J connectivity index is 0.000000849. The number of carboxylic acid groups (broad SMARTS) is 4. The van der Waals surface area contributed by atoms with Gasteiger partial charge in [0.1, 0.15) is 0 Å². The Kier molecular flexibility index (Phi) is 20.0. The topological polar surface area (TPSA) is 191 Å². The molecule has 2 fully saturated rings. The number of carbonyl (C=O) groups is 4. The molecule has 2 aliphatic heterocycles. The number of aliphatic carboxylic acids is 4. The molecule has 0 radical (unpaired) electrons. The molecule has 1 atom stereocenters. The molecule has 0 bridgehead atoms. The largest absolute Gasteiger partial charge is 0.490 e. The van der Waals surface area contributed by atoms with Gasteiger partial charge in [-0.1, -0.05) is 12.1 Å². The molecule has 1 spiro atoms. The van der Waals surface area contributed by atoms with Crippen LogP contribution in [-0.4, -0.2) is 129 Å². The Labute approximate surface area is 303 Å². The summed E-state index contributed by atoms with van der Waals surface area (Å²) >= 11 is 0. The number of rotatable bonds is 6. The molecule has 4 heterocycles. The summed E-state index contributed by atoms with van der Waals surface area (Å²) in [6, 6.07) is 10.4. The van der Waals surface area contributed by atoms with E-state index in [0.29, 0.717) is 11.3 Å². The van der Waals surface area contributed by atoms with Crippen LogP contribution in [0.3, 0.4) is 0 Å². The zero-order valence-electron chi connectivity index (χ0n) is 28.2. The molecule has 0 amide bonds. The quantitative estimate of drug-likeness (QED) is 0.273. The van der Waals surface area contributed by atoms with Gasteiger partial charge in [-0.15, -0.1) is 0 Å². The van der Waals surface area contributed by atoms with Crippen molar-refractivity contribution in [3.05, 3.63) is 60.2 Å². The number of alkyl halides is 12. The third kappa shape index (κ3) is 20.5. The average Bonchev–Trinajstić information content (AvgIpc) is 3.38. The summed E-state index contributed by atoms with van der Waals surface area (Å²) in [5, 5.41) is 28.5. The fraction of sp³-hybridized carbons (Fsp3) is 0.533. The van der Waals surface area contributed by atoms with Crippen LogP contribution in [-0.2, 0) is 37.0 Å². The zero-order valence-corrected chi connectivity index (χ0v) is 28.2. The molecule has 25 heteroatoms. The summed E-state index contributed by atoms with van der Waals surface area (Å²) in [6.45, 7) is 7.42. The monoisotopic (exact) mass is 822 g/mol. The summed E-state index contributed by atoms with van der Waals surface area (Å²) < 4.78 is 133. The lowest BCUT2D eigenvalue weighted by atomic mass is 9.71. The minimum absolute atomic E-state index is 0.388. The van der Waals surface area contributed by atoms with Crippen LogP contribution in [0.5, 0.6) is 0 Å². The van der Waals surface area contributed by atoms with Crippen molar-refractivity contribution in [2.45, 2.75) is 50.6 Å². The molecule has 2 aromatic rings. The van der Waals surface area contributed by atoms with Crippen molar-refractivity contribution in [3.63, 3.8) is 0 Å². The van der Waals surface area contributed by atoms with E-state index in [2.05, 4.69) is 38.0 Å². The third-order valence-corrected chi connectivity index (χ3v) is 7.31. The summed E-state index contributed by atoms with van der Waals surface area (Å²) in [6.07, 6.45) is -12.1. The second-order valence-electron chi connectivity index (χ2n) is 11.4. The zero-order chi connectivity index (χ0) is 42.8. The van der Waals surface area contributed by atoms with Crippen LogP contribution in [0, 0.1) is 11.3 Å². The van der Waals surface area contributed by atoms with Crippen molar-refractivity contribution in [2.75, 3.05) is 39.9 Å². The third-order valence-electron chi connectivity index (χ3n) is 7.31. The molecule has 0 saturated carbocycles. The number of nitrogens with zero attached hydrogens (tertiary/aromatic N) is 4. The average molecular weight is 823 g/mol. The SMILES string of the molecule is COCC1CN(Cc2cccnc2)CC12CCN(Cc1ccccn1)CC2.O=C(O)C(F)(F)F.O=C(O)C(F)(F)F.O=C(O)C(F)(F)F.O=C(O)C(F)(F)F. The van der Waals surface area contributed by atoms with Gasteiger partial charge in [0.15, 0.2) is 0 Å². The van der Waals surface area contributed by atoms with Crippen LogP contribution in [0.4, 0.5) is 52.7 Å². The van der Waals surface area contributed by atoms with E-state index in [4.69, 9.17) is 44.3 Å². The highest BCUT2D eigenvalue weighted by Gasteiger charge is 2.48. The lowest BCUT2D eigenvalue weighted by Gasteiger charge is -2.42. The van der Waals surface area contributed by atoms with Crippen molar-refractivity contribution >= 4 is 23.9 Å². The van der Waals surface area contributed by atoms with E-state index < -0.39 is 48.6 Å². The second kappa shape index (κ2) is 21.9. The second-order valence-corrected chi connectivity index (χ2v) is 11.4. The maximum atomic E-state index is 10.6. The first-order valence-corrected chi connectivity index (χ1v) is 15.0. The first-order chi connectivity index (χ1) is 25.0. The minimum atomic E-state index is -5.08. The van der Waals surface area contributed by atoms with Crippen LogP contribution >= 0.6 is 0 Å². The molecule has 55 heavy (non-hydrogen) atoms. The van der Waals surface area contributed by atoms with E-state index >= 15 is 0 Å². The van der Waals surface area contributed by atoms with Crippen molar-refractivity contribution in [1.82, 2.24) is 19.8 Å². The van der Waals surface area contributed by atoms with Crippen LogP contribution in [0.1, 0.15) is 24.1 Å². The Bertz CT molecular complexity index is 1370. The van der Waals surface area contributed by atoms with Gasteiger partial charge in [0.05, 0.1) is 12.3 Å². The number of methoxy groups -OCH3 is 1. The molecule has 2 aliphatic rings. The van der Waals surface area contributed by atoms with E-state index in [-0.39, 0.29) is 0 Å². The van der Waals surface area contributed by atoms with Crippen molar-refractivity contribution < 1.29 is 97.0 Å². The van der Waals surface area contributed by atoms with Gasteiger partial charge in [-0.05, 0) is 55.1 Å². The Morgan fingerprint density at radius 2 is 1.16 bits per heavy atom. The molecule has 4 N–H and O–H groups in total. The Morgan fingerprint density at radius 3 is 1.51 bits per heavy atom. The molecule has 4 rings (SSSR count). The molecule has 13 nitrogen and oxygen atoms in total. The normalized spacial score (nSPS) is 17.1. The van der Waals surface area contributed by atoms with Gasteiger partial charge in [0.25, 0.3) is 0 Å². The molecule has 0 aliphatic carbocycles. The van der Waals surface area contributed by atoms with E-state index in [1.807, 2.05) is 37.8 Å². The lowest BCUT2D eigenvalue weighted by Crippen LogP contribution is -2.45. The number of carboxylic acids is 4. The van der Waals surface area contributed by atoms with Crippen molar-refractivity contribution in [2.24, 2.45) is 11.3 Å². The summed E-state index contributed by atoms with van der Waals surface area (Å²) in [7, 11) is 1.84. The number of likely N-dealkylation sites (tertiary alicyclic amines) is 2. The first-order valence-electron chi connectivity index (χ1n) is 15.0. The predicted molar refractivity (Wildman–Crippen MR) is 161 cm³/mol. The highest BCUT2D eigenvalue weighted by molar-refractivity contribution is 5.74. The standard InChI is InChI=1S/C22H30N4O.4C2HF3O2/c1-27-17-20-15-26(14-19-5-4-9-23-13-19)18-22(20)7-11-25(12-8-22)16-21-6-2-3-10-24-21;4*3-2(4,5)1(6)7/h2-6,9-10,13,20H,7-8,11-12,14-18H2,1H3;4*(H,6,7). The summed E-state index contributed by atoms with van der Waals surface area (Å²) in [4.78, 5) is 49.5. The maximum Gasteiger partial charge on any atom is 0.490 e. The molecule has 2 saturated heterocycles. The Morgan fingerprint density at radius 1 is 0.709 bits per heavy atom. The van der Waals surface area contributed by atoms with Crippen LogP contribution in [0.25, 0.3) is 0 Å². The molecule has 1 unspecified atom stereocenters. The summed E-state index contributed by atoms with van der Waals surface area (Å²) in [5.41, 5.74) is 2.86. The van der Waals surface area contributed by atoms with E-state index in [0.717, 1.165) is 39.3 Å². The van der Waals surface area contributed by atoms with Crippen LogP contribution < -0.4 is 0 Å². The maximum absolute atomic E-state index is 10.6. The number of ether oxygens (including phenoxy) is 1. The smallest absolute Gasteiger partial charge is 0.475 e. The van der Waals surface area contributed by atoms with Gasteiger partial charge < -0.3 is 25.2 Å². The highest BCUT2D eigenvalue weighted by Crippen LogP contribution is 2.45. The molecular formula is C30H34F12N4O9. The van der Waals surface area contributed by atoms with Crippen LogP contribution in [0.2, 0.25) is 0 Å². The molecule has 312 valence electrons. The van der Waals surface area contributed by atoms with Gasteiger partial charge in [-0.3, -0.25) is 19.8 Å². The van der Waals surface area contributed by atoms with E-state index in [1.54, 1.807) is 0 Å². The fourth-order valence-electron chi connectivity index (χ4n) is 4.89. The lowest BCUT2D eigenvalue weighted by molar-refractivity contribution is -0.193. The number of aromatic nitrogens is 2. The molecular weight excluding hydrogens is 788 g/mol. The van der Waals surface area contributed by atoms with Crippen LogP contribution in [0.15, 0.2) is 48.9 Å². The minimum Gasteiger partial charge on any atom is -0.475 e. The number of hydrogen-bond acceptors (Lipinski definition) is 9. The van der Waals surface area contributed by atoms with Crippen molar-refractivity contribution in [1.29, 1.82) is 0 Å². The van der Waals surface area contributed by atoms with Gasteiger partial charge in [0.2, 0.25) is 0 Å². The number of hydrogen-bond donors (Lipinski definition) is 4. The van der Waals surface area contributed by atoms with E-state index in [1.165, 1.54) is 30.6 Å². The van der Waals surface area contributed by atoms with E-state index in [9.17, 15) is 52.7 Å².